The van der Waals surface area contributed by atoms with Crippen LogP contribution in [0.3, 0.4) is 0 Å². The van der Waals surface area contributed by atoms with Crippen molar-refractivity contribution in [1.29, 1.82) is 0 Å². The van der Waals surface area contributed by atoms with Gasteiger partial charge < -0.3 is 9.84 Å². The van der Waals surface area contributed by atoms with Crippen LogP contribution in [-0.4, -0.2) is 18.2 Å². The summed E-state index contributed by atoms with van der Waals surface area (Å²) in [4.78, 5) is 11.7. The van der Waals surface area contributed by atoms with E-state index in [2.05, 4.69) is 6.07 Å². The highest BCUT2D eigenvalue weighted by atomic mass is 32.2. The molecule has 0 unspecified atom stereocenters. The first-order valence-electron chi connectivity index (χ1n) is 6.24. The lowest BCUT2D eigenvalue weighted by Crippen LogP contribution is -1.99. The highest BCUT2D eigenvalue weighted by molar-refractivity contribution is 7.98. The number of ether oxygens (including phenoxy) is 1. The lowest BCUT2D eigenvalue weighted by Gasteiger charge is -2.05. The first-order valence-corrected chi connectivity index (χ1v) is 7.22. The number of hydrogen-bond acceptors (Lipinski definition) is 3. The molecule has 0 saturated heterocycles. The van der Waals surface area contributed by atoms with Crippen molar-refractivity contribution < 1.29 is 14.6 Å². The fourth-order valence-corrected chi connectivity index (χ4v) is 2.65. The Bertz CT molecular complexity index is 579. The molecular formula is C16H16O3S. The number of carboxylic acids is 1. The number of benzene rings is 2. The predicted molar refractivity (Wildman–Crippen MR) is 80.3 cm³/mol. The fraction of sp³-hybridized carbons (Fsp3) is 0.188. The van der Waals surface area contributed by atoms with Gasteiger partial charge in [0.2, 0.25) is 0 Å². The molecule has 0 spiro atoms. The summed E-state index contributed by atoms with van der Waals surface area (Å²) in [6.07, 6.45) is 0.0703. The number of aliphatic carboxylic acids is 1. The van der Waals surface area contributed by atoms with Gasteiger partial charge in [0.25, 0.3) is 0 Å². The van der Waals surface area contributed by atoms with Crippen molar-refractivity contribution in [2.75, 3.05) is 7.11 Å². The molecule has 2 rings (SSSR count). The topological polar surface area (TPSA) is 46.5 Å². The maximum absolute atomic E-state index is 10.6. The molecule has 2 aromatic rings. The van der Waals surface area contributed by atoms with Crippen LogP contribution in [-0.2, 0) is 17.0 Å². The lowest BCUT2D eigenvalue weighted by molar-refractivity contribution is -0.136. The molecule has 0 radical (unpaired) electrons. The van der Waals surface area contributed by atoms with E-state index in [1.54, 1.807) is 18.9 Å². The second kappa shape index (κ2) is 7.01. The molecule has 0 heterocycles. The monoisotopic (exact) mass is 288 g/mol. The first kappa shape index (κ1) is 14.5. The highest BCUT2D eigenvalue weighted by Gasteiger charge is 2.02. The van der Waals surface area contributed by atoms with Crippen LogP contribution in [0.25, 0.3) is 0 Å². The van der Waals surface area contributed by atoms with Gasteiger partial charge in [-0.1, -0.05) is 24.3 Å². The van der Waals surface area contributed by atoms with Crippen LogP contribution < -0.4 is 4.74 Å². The summed E-state index contributed by atoms with van der Waals surface area (Å²) in [6, 6.07) is 15.6. The van der Waals surface area contributed by atoms with E-state index in [1.807, 2.05) is 42.5 Å². The van der Waals surface area contributed by atoms with Gasteiger partial charge in [-0.2, -0.15) is 0 Å². The van der Waals surface area contributed by atoms with E-state index in [1.165, 1.54) is 5.56 Å². The second-order valence-electron chi connectivity index (χ2n) is 4.35. The Morgan fingerprint density at radius 3 is 2.55 bits per heavy atom. The van der Waals surface area contributed by atoms with Gasteiger partial charge in [-0.15, -0.1) is 11.8 Å². The predicted octanol–water partition coefficient (Wildman–Crippen LogP) is 3.61. The molecule has 0 aromatic heterocycles. The van der Waals surface area contributed by atoms with Gasteiger partial charge in [0.05, 0.1) is 13.5 Å². The third-order valence-corrected chi connectivity index (χ3v) is 3.90. The molecule has 2 aromatic carbocycles. The second-order valence-corrected chi connectivity index (χ2v) is 5.40. The van der Waals surface area contributed by atoms with Crippen LogP contribution in [0.4, 0.5) is 0 Å². The van der Waals surface area contributed by atoms with Crippen molar-refractivity contribution in [3.05, 3.63) is 59.7 Å². The summed E-state index contributed by atoms with van der Waals surface area (Å²) in [5.74, 6) is 0.914. The molecule has 3 nitrogen and oxygen atoms in total. The van der Waals surface area contributed by atoms with E-state index >= 15 is 0 Å². The van der Waals surface area contributed by atoms with E-state index in [-0.39, 0.29) is 6.42 Å². The van der Waals surface area contributed by atoms with Gasteiger partial charge in [-0.05, 0) is 35.4 Å². The molecule has 0 aliphatic carbocycles. The van der Waals surface area contributed by atoms with E-state index in [4.69, 9.17) is 9.84 Å². The fourth-order valence-electron chi connectivity index (χ4n) is 1.81. The maximum Gasteiger partial charge on any atom is 0.307 e. The van der Waals surface area contributed by atoms with Crippen molar-refractivity contribution in [2.24, 2.45) is 0 Å². The zero-order chi connectivity index (χ0) is 14.4. The number of rotatable bonds is 6. The number of hydrogen-bond donors (Lipinski definition) is 1. The standard InChI is InChI=1S/C16H16O3S/c1-19-14-4-2-3-13(9-14)11-20-15-7-5-12(6-8-15)10-16(17)18/h2-9H,10-11H2,1H3,(H,17,18). The Kier molecular flexibility index (Phi) is 5.07. The molecule has 0 bridgehead atoms. The number of carboxylic acid groups (broad SMARTS) is 1. The Labute approximate surface area is 122 Å². The summed E-state index contributed by atoms with van der Waals surface area (Å²) in [5, 5.41) is 8.72. The molecule has 0 atom stereocenters. The number of carbonyl (C=O) groups is 1. The summed E-state index contributed by atoms with van der Waals surface area (Å²) in [6.45, 7) is 0. The molecule has 0 fully saturated rings. The smallest absolute Gasteiger partial charge is 0.307 e. The average molecular weight is 288 g/mol. The third kappa shape index (κ3) is 4.31. The van der Waals surface area contributed by atoms with Crippen LogP contribution in [0.5, 0.6) is 5.75 Å². The molecule has 0 aliphatic heterocycles. The Morgan fingerprint density at radius 2 is 1.90 bits per heavy atom. The molecule has 20 heavy (non-hydrogen) atoms. The van der Waals surface area contributed by atoms with Gasteiger partial charge in [0.15, 0.2) is 0 Å². The van der Waals surface area contributed by atoms with Crippen LogP contribution in [0.15, 0.2) is 53.4 Å². The zero-order valence-corrected chi connectivity index (χ0v) is 12.0. The Balaban J connectivity index is 1.94. The zero-order valence-electron chi connectivity index (χ0n) is 11.2. The minimum absolute atomic E-state index is 0.0703. The summed E-state index contributed by atoms with van der Waals surface area (Å²) in [5.41, 5.74) is 2.02. The van der Waals surface area contributed by atoms with Crippen molar-refractivity contribution in [1.82, 2.24) is 0 Å². The summed E-state index contributed by atoms with van der Waals surface area (Å²) >= 11 is 1.72. The molecule has 0 aliphatic rings. The normalized spacial score (nSPS) is 10.2. The van der Waals surface area contributed by atoms with E-state index < -0.39 is 5.97 Å². The average Bonchev–Trinajstić information content (AvgIpc) is 2.46. The Hall–Kier alpha value is -1.94. The SMILES string of the molecule is COc1cccc(CSc2ccc(CC(=O)O)cc2)c1. The molecule has 0 amide bonds. The maximum atomic E-state index is 10.6. The largest absolute Gasteiger partial charge is 0.497 e. The van der Waals surface area contributed by atoms with Crippen LogP contribution in [0, 0.1) is 0 Å². The molecular weight excluding hydrogens is 272 g/mol. The van der Waals surface area contributed by atoms with Gasteiger partial charge in [-0.25, -0.2) is 0 Å². The van der Waals surface area contributed by atoms with Crippen LogP contribution >= 0.6 is 11.8 Å². The third-order valence-electron chi connectivity index (χ3n) is 2.82. The van der Waals surface area contributed by atoms with Crippen LogP contribution in [0.2, 0.25) is 0 Å². The highest BCUT2D eigenvalue weighted by Crippen LogP contribution is 2.24. The van der Waals surface area contributed by atoms with Gasteiger partial charge in [-0.3, -0.25) is 4.79 Å². The number of methoxy groups -OCH3 is 1. The minimum Gasteiger partial charge on any atom is -0.497 e. The van der Waals surface area contributed by atoms with E-state index in [0.717, 1.165) is 22.0 Å². The number of thioether (sulfide) groups is 1. The molecule has 0 saturated carbocycles. The minimum atomic E-state index is -0.804. The summed E-state index contributed by atoms with van der Waals surface area (Å²) in [7, 11) is 1.66. The lowest BCUT2D eigenvalue weighted by atomic mass is 10.2. The van der Waals surface area contributed by atoms with Crippen molar-refractivity contribution >= 4 is 17.7 Å². The van der Waals surface area contributed by atoms with E-state index in [0.29, 0.717) is 0 Å². The molecule has 1 N–H and O–H groups in total. The Morgan fingerprint density at radius 1 is 1.15 bits per heavy atom. The van der Waals surface area contributed by atoms with Crippen LogP contribution in [0.1, 0.15) is 11.1 Å². The van der Waals surface area contributed by atoms with Gasteiger partial charge in [0, 0.05) is 10.6 Å². The molecule has 4 heteroatoms. The van der Waals surface area contributed by atoms with E-state index in [9.17, 15) is 4.79 Å². The quantitative estimate of drug-likeness (QED) is 0.825. The van der Waals surface area contributed by atoms with Crippen molar-refractivity contribution in [3.8, 4) is 5.75 Å². The van der Waals surface area contributed by atoms with Gasteiger partial charge >= 0.3 is 5.97 Å². The van der Waals surface area contributed by atoms with Crippen molar-refractivity contribution in [3.63, 3.8) is 0 Å². The molecule has 104 valence electrons. The summed E-state index contributed by atoms with van der Waals surface area (Å²) < 4.78 is 5.19. The van der Waals surface area contributed by atoms with Gasteiger partial charge in [0.1, 0.15) is 5.75 Å². The first-order chi connectivity index (χ1) is 9.67. The van der Waals surface area contributed by atoms with Crippen molar-refractivity contribution in [2.45, 2.75) is 17.1 Å².